The van der Waals surface area contributed by atoms with Gasteiger partial charge in [-0.25, -0.2) is 0 Å². The Labute approximate surface area is 80.3 Å². The Bertz CT molecular complexity index is 253. The summed E-state index contributed by atoms with van der Waals surface area (Å²) >= 11 is 0. The average molecular weight is 179 g/mol. The van der Waals surface area contributed by atoms with Gasteiger partial charge in [-0.3, -0.25) is 0 Å². The molecule has 0 spiro atoms. The molecule has 3 aliphatic carbocycles. The van der Waals surface area contributed by atoms with Crippen LogP contribution in [0.4, 0.5) is 0 Å². The van der Waals surface area contributed by atoms with Crippen molar-refractivity contribution in [3.8, 4) is 0 Å². The summed E-state index contributed by atoms with van der Waals surface area (Å²) in [6.07, 6.45) is 2.83. The summed E-state index contributed by atoms with van der Waals surface area (Å²) in [6, 6.07) is 0. The van der Waals surface area contributed by atoms with Gasteiger partial charge >= 0.3 is 7.69 Å². The largest absolute Gasteiger partial charge is 0.488 e. The van der Waals surface area contributed by atoms with Crippen LogP contribution in [0.3, 0.4) is 0 Å². The van der Waals surface area contributed by atoms with E-state index in [2.05, 4.69) is 20.8 Å². The van der Waals surface area contributed by atoms with E-state index < -0.39 is 0 Å². The van der Waals surface area contributed by atoms with E-state index in [0.717, 1.165) is 5.92 Å². The minimum atomic E-state index is -0.0295. The second kappa shape index (κ2) is 2.14. The molecule has 0 aromatic rings. The molecule has 3 saturated carbocycles. The van der Waals surface area contributed by atoms with Crippen molar-refractivity contribution < 1.29 is 9.31 Å². The molecule has 1 radical (unpaired) electrons. The minimum Gasteiger partial charge on any atom is -0.407 e. The van der Waals surface area contributed by atoms with E-state index in [4.69, 9.17) is 9.31 Å². The van der Waals surface area contributed by atoms with Gasteiger partial charge in [-0.2, -0.15) is 0 Å². The maximum absolute atomic E-state index is 5.68. The Morgan fingerprint density at radius 3 is 2.69 bits per heavy atom. The molecule has 3 heteroatoms. The van der Waals surface area contributed by atoms with Crippen molar-refractivity contribution in [3.05, 3.63) is 0 Å². The van der Waals surface area contributed by atoms with Crippen LogP contribution in [0.25, 0.3) is 0 Å². The highest BCUT2D eigenvalue weighted by Crippen LogP contribution is 2.65. The molecule has 0 amide bonds. The van der Waals surface area contributed by atoms with Crippen molar-refractivity contribution in [2.45, 2.75) is 45.3 Å². The molecular weight excluding hydrogens is 163 g/mol. The van der Waals surface area contributed by atoms with Crippen molar-refractivity contribution in [3.63, 3.8) is 0 Å². The molecule has 2 nitrogen and oxygen atoms in total. The summed E-state index contributed by atoms with van der Waals surface area (Å²) in [5, 5.41) is 0. The van der Waals surface area contributed by atoms with Crippen LogP contribution < -0.4 is 0 Å². The minimum absolute atomic E-state index is 0.0295. The quantitative estimate of drug-likeness (QED) is 0.527. The molecule has 71 valence electrons. The highest BCUT2D eigenvalue weighted by molar-refractivity contribution is 6.19. The van der Waals surface area contributed by atoms with Crippen LogP contribution in [0.5, 0.6) is 0 Å². The molecule has 1 heterocycles. The molecule has 4 aliphatic rings. The van der Waals surface area contributed by atoms with E-state index in [-0.39, 0.29) is 5.60 Å². The van der Waals surface area contributed by atoms with Crippen LogP contribution in [0, 0.1) is 17.3 Å². The molecule has 0 aromatic heterocycles. The van der Waals surface area contributed by atoms with Crippen LogP contribution >= 0.6 is 0 Å². The number of rotatable bonds is 0. The molecule has 1 saturated heterocycles. The summed E-state index contributed by atoms with van der Waals surface area (Å²) in [5.74, 6) is 1.54. The maximum atomic E-state index is 5.68. The van der Waals surface area contributed by atoms with Crippen molar-refractivity contribution in [2.75, 3.05) is 0 Å². The van der Waals surface area contributed by atoms with Gasteiger partial charge in [0.1, 0.15) is 0 Å². The van der Waals surface area contributed by atoms with Gasteiger partial charge in [-0.15, -0.1) is 0 Å². The first-order valence-electron chi connectivity index (χ1n) is 5.20. The monoisotopic (exact) mass is 179 g/mol. The standard InChI is InChI=1S/C10H16BO2/c1-9(2)6-4-7(9)10(3)8(5-6)12-11-13-10/h6-8H,4-5H2,1-3H3/t6-,7?,8?,10-/m0/s1. The number of hydrogen-bond acceptors (Lipinski definition) is 2. The van der Waals surface area contributed by atoms with Gasteiger partial charge in [0.15, 0.2) is 0 Å². The zero-order valence-corrected chi connectivity index (χ0v) is 8.54. The number of hydrogen-bond donors (Lipinski definition) is 0. The van der Waals surface area contributed by atoms with Crippen molar-refractivity contribution >= 4 is 7.69 Å². The van der Waals surface area contributed by atoms with E-state index in [1.807, 2.05) is 0 Å². The van der Waals surface area contributed by atoms with Gasteiger partial charge in [0.25, 0.3) is 0 Å². The molecule has 0 aromatic carbocycles. The molecule has 2 bridgehead atoms. The lowest BCUT2D eigenvalue weighted by atomic mass is 9.43. The first kappa shape index (κ1) is 8.31. The van der Waals surface area contributed by atoms with Gasteiger partial charge < -0.3 is 9.31 Å². The lowest BCUT2D eigenvalue weighted by Gasteiger charge is -2.64. The van der Waals surface area contributed by atoms with Crippen LogP contribution in [0.15, 0.2) is 0 Å². The van der Waals surface area contributed by atoms with Gasteiger partial charge in [-0.05, 0) is 37.0 Å². The van der Waals surface area contributed by atoms with Crippen LogP contribution in [-0.4, -0.2) is 19.4 Å². The Hall–Kier alpha value is -0.0151. The van der Waals surface area contributed by atoms with Gasteiger partial charge in [0, 0.05) is 0 Å². The van der Waals surface area contributed by atoms with Gasteiger partial charge in [0.2, 0.25) is 0 Å². The first-order chi connectivity index (χ1) is 6.05. The Balaban J connectivity index is 1.97. The van der Waals surface area contributed by atoms with Crippen LogP contribution in [0.2, 0.25) is 0 Å². The molecule has 4 atom stereocenters. The molecule has 13 heavy (non-hydrogen) atoms. The van der Waals surface area contributed by atoms with E-state index in [1.165, 1.54) is 12.8 Å². The Morgan fingerprint density at radius 2 is 2.00 bits per heavy atom. The Kier molecular flexibility index (Phi) is 1.37. The smallest absolute Gasteiger partial charge is 0.407 e. The van der Waals surface area contributed by atoms with E-state index in [9.17, 15) is 0 Å². The maximum Gasteiger partial charge on any atom is 0.488 e. The lowest BCUT2D eigenvalue weighted by Crippen LogP contribution is -2.65. The Morgan fingerprint density at radius 1 is 1.23 bits per heavy atom. The predicted molar refractivity (Wildman–Crippen MR) is 50.1 cm³/mol. The summed E-state index contributed by atoms with van der Waals surface area (Å²) in [7, 11) is 1.56. The second-order valence-electron chi connectivity index (χ2n) is 5.56. The SMILES string of the molecule is CC1(C)C2C[C@H]1CC1O[B]O[C@]12C. The first-order valence-corrected chi connectivity index (χ1v) is 5.20. The van der Waals surface area contributed by atoms with E-state index >= 15 is 0 Å². The molecule has 0 N–H and O–H groups in total. The third-order valence-electron chi connectivity index (χ3n) is 4.82. The van der Waals surface area contributed by atoms with Crippen molar-refractivity contribution in [1.82, 2.24) is 0 Å². The average Bonchev–Trinajstić information content (AvgIpc) is 2.44. The zero-order chi connectivity index (χ0) is 9.27. The predicted octanol–water partition coefficient (Wildman–Crippen LogP) is 1.76. The zero-order valence-electron chi connectivity index (χ0n) is 8.54. The molecule has 2 unspecified atom stereocenters. The molecule has 4 rings (SSSR count). The van der Waals surface area contributed by atoms with Crippen LogP contribution in [-0.2, 0) is 9.31 Å². The second-order valence-corrected chi connectivity index (χ2v) is 5.56. The molecular formula is C10H16BO2. The van der Waals surface area contributed by atoms with Crippen molar-refractivity contribution in [2.24, 2.45) is 17.3 Å². The fraction of sp³-hybridized carbons (Fsp3) is 1.00. The van der Waals surface area contributed by atoms with Crippen molar-refractivity contribution in [1.29, 1.82) is 0 Å². The summed E-state index contributed by atoms with van der Waals surface area (Å²) < 4.78 is 11.2. The summed E-state index contributed by atoms with van der Waals surface area (Å²) in [6.45, 7) is 6.95. The highest BCUT2D eigenvalue weighted by Gasteiger charge is 2.65. The third-order valence-corrected chi connectivity index (χ3v) is 4.82. The van der Waals surface area contributed by atoms with Crippen LogP contribution in [0.1, 0.15) is 33.6 Å². The molecule has 1 aliphatic heterocycles. The summed E-state index contributed by atoms with van der Waals surface area (Å²) in [4.78, 5) is 0. The molecule has 4 fully saturated rings. The topological polar surface area (TPSA) is 18.5 Å². The van der Waals surface area contributed by atoms with E-state index in [1.54, 1.807) is 7.69 Å². The fourth-order valence-electron chi connectivity index (χ4n) is 3.65. The normalized spacial score (nSPS) is 56.4. The lowest BCUT2D eigenvalue weighted by molar-refractivity contribution is -0.199. The van der Waals surface area contributed by atoms with E-state index in [0.29, 0.717) is 17.4 Å². The van der Waals surface area contributed by atoms with Gasteiger partial charge in [0.05, 0.1) is 11.7 Å². The third kappa shape index (κ3) is 0.786. The fourth-order valence-corrected chi connectivity index (χ4v) is 3.65. The van der Waals surface area contributed by atoms with Gasteiger partial charge in [-0.1, -0.05) is 13.8 Å². The highest BCUT2D eigenvalue weighted by atomic mass is 16.6. The summed E-state index contributed by atoms with van der Waals surface area (Å²) in [5.41, 5.74) is 0.436.